The van der Waals surface area contributed by atoms with Gasteiger partial charge in [0, 0.05) is 24.3 Å². The average Bonchev–Trinajstić information content (AvgIpc) is 2.84. The lowest BCUT2D eigenvalue weighted by molar-refractivity contribution is -0.139. The fraction of sp³-hybridized carbons (Fsp3) is 0.278. The lowest BCUT2D eigenvalue weighted by Gasteiger charge is -2.16. The lowest BCUT2D eigenvalue weighted by Crippen LogP contribution is -2.29. The zero-order valence-corrected chi connectivity index (χ0v) is 14.3. The number of alkyl halides is 3. The first-order chi connectivity index (χ1) is 11.7. The summed E-state index contributed by atoms with van der Waals surface area (Å²) in [6.45, 7) is 3.50. The van der Waals surface area contributed by atoms with Crippen LogP contribution in [0.25, 0.3) is 0 Å². The molecule has 3 rings (SSSR count). The van der Waals surface area contributed by atoms with Crippen molar-refractivity contribution in [1.82, 2.24) is 0 Å². The first-order valence-electron chi connectivity index (χ1n) is 7.50. The highest BCUT2D eigenvalue weighted by molar-refractivity contribution is 8.00. The highest BCUT2D eigenvalue weighted by atomic mass is 32.2. The van der Waals surface area contributed by atoms with Crippen LogP contribution >= 0.6 is 11.8 Å². The number of fused-ring (bicyclic) bond motifs is 1. The SMILES string of the molecule is CC1(C)Oc2ccc(C(=O)CSc3ccccc3C(F)(F)F)cc2O1. The highest BCUT2D eigenvalue weighted by Gasteiger charge is 2.34. The van der Waals surface area contributed by atoms with Crippen LogP contribution in [0.3, 0.4) is 0 Å². The number of ether oxygens (including phenoxy) is 2. The van der Waals surface area contributed by atoms with E-state index in [1.54, 1.807) is 32.0 Å². The van der Waals surface area contributed by atoms with Crippen molar-refractivity contribution < 1.29 is 27.4 Å². The van der Waals surface area contributed by atoms with E-state index in [0.29, 0.717) is 17.1 Å². The number of hydrogen-bond donors (Lipinski definition) is 0. The predicted molar refractivity (Wildman–Crippen MR) is 88.3 cm³/mol. The molecule has 0 aromatic heterocycles. The van der Waals surface area contributed by atoms with Crippen LogP contribution in [0.1, 0.15) is 29.8 Å². The number of carbonyl (C=O) groups excluding carboxylic acids is 1. The second-order valence-corrected chi connectivity index (χ2v) is 6.99. The Balaban J connectivity index is 1.73. The van der Waals surface area contributed by atoms with Gasteiger partial charge in [-0.2, -0.15) is 13.2 Å². The van der Waals surface area contributed by atoms with E-state index in [9.17, 15) is 18.0 Å². The van der Waals surface area contributed by atoms with Crippen LogP contribution < -0.4 is 9.47 Å². The summed E-state index contributed by atoms with van der Waals surface area (Å²) in [5, 5.41) is 0. The maximum Gasteiger partial charge on any atom is 0.417 e. The molecule has 7 heteroatoms. The number of carbonyl (C=O) groups is 1. The molecule has 3 nitrogen and oxygen atoms in total. The molecule has 2 aromatic rings. The molecule has 0 unspecified atom stereocenters. The number of benzene rings is 2. The van der Waals surface area contributed by atoms with Crippen molar-refractivity contribution in [1.29, 1.82) is 0 Å². The molecule has 0 spiro atoms. The van der Waals surface area contributed by atoms with E-state index in [4.69, 9.17) is 9.47 Å². The van der Waals surface area contributed by atoms with E-state index in [1.807, 2.05) is 0 Å². The third kappa shape index (κ3) is 3.92. The molecule has 1 aliphatic rings. The smallest absolute Gasteiger partial charge is 0.417 e. The van der Waals surface area contributed by atoms with Crippen molar-refractivity contribution in [3.8, 4) is 11.5 Å². The van der Waals surface area contributed by atoms with E-state index in [1.165, 1.54) is 18.2 Å². The van der Waals surface area contributed by atoms with Gasteiger partial charge in [0.1, 0.15) is 0 Å². The molecule has 2 aromatic carbocycles. The van der Waals surface area contributed by atoms with Crippen molar-refractivity contribution in [2.45, 2.75) is 30.7 Å². The summed E-state index contributed by atoms with van der Waals surface area (Å²) >= 11 is 0.868. The van der Waals surface area contributed by atoms with Crippen molar-refractivity contribution in [2.75, 3.05) is 5.75 Å². The van der Waals surface area contributed by atoms with Gasteiger partial charge in [-0.15, -0.1) is 11.8 Å². The lowest BCUT2D eigenvalue weighted by atomic mass is 10.1. The molecule has 0 atom stereocenters. The predicted octanol–water partition coefficient (Wildman–Crippen LogP) is 5.19. The van der Waals surface area contributed by atoms with E-state index < -0.39 is 17.5 Å². The van der Waals surface area contributed by atoms with Crippen molar-refractivity contribution in [3.63, 3.8) is 0 Å². The second kappa shape index (κ2) is 6.29. The third-order valence-corrected chi connectivity index (χ3v) is 4.60. The number of rotatable bonds is 4. The van der Waals surface area contributed by atoms with Gasteiger partial charge in [-0.25, -0.2) is 0 Å². The maximum atomic E-state index is 13.0. The summed E-state index contributed by atoms with van der Waals surface area (Å²) in [5.74, 6) is -0.188. The van der Waals surface area contributed by atoms with E-state index >= 15 is 0 Å². The Labute approximate surface area is 147 Å². The monoisotopic (exact) mass is 368 g/mol. The van der Waals surface area contributed by atoms with Crippen LogP contribution in [0.4, 0.5) is 13.2 Å². The van der Waals surface area contributed by atoms with Gasteiger partial charge >= 0.3 is 6.18 Å². The van der Waals surface area contributed by atoms with Crippen molar-refractivity contribution in [2.24, 2.45) is 0 Å². The van der Waals surface area contributed by atoms with Crippen molar-refractivity contribution in [3.05, 3.63) is 53.6 Å². The fourth-order valence-electron chi connectivity index (χ4n) is 2.45. The van der Waals surface area contributed by atoms with Gasteiger partial charge in [0.05, 0.1) is 11.3 Å². The van der Waals surface area contributed by atoms with Gasteiger partial charge in [-0.05, 0) is 30.3 Å². The Bertz CT molecular complexity index is 815. The summed E-state index contributed by atoms with van der Waals surface area (Å²) in [7, 11) is 0. The molecule has 1 aliphatic heterocycles. The molecular weight excluding hydrogens is 353 g/mol. The van der Waals surface area contributed by atoms with Crippen molar-refractivity contribution >= 4 is 17.5 Å². The standard InChI is InChI=1S/C18H15F3O3S/c1-17(2)23-14-8-7-11(9-15(14)24-17)13(22)10-25-16-6-4-3-5-12(16)18(19,20)21/h3-9H,10H2,1-2H3. The molecule has 0 aliphatic carbocycles. The number of halogens is 3. The van der Waals surface area contributed by atoms with Crippen LogP contribution in [-0.2, 0) is 6.18 Å². The molecule has 0 radical (unpaired) electrons. The van der Waals surface area contributed by atoms with E-state index in [0.717, 1.165) is 17.8 Å². The Morgan fingerprint density at radius 3 is 2.48 bits per heavy atom. The summed E-state index contributed by atoms with van der Waals surface area (Å²) in [6.07, 6.45) is -4.45. The first kappa shape index (κ1) is 17.7. The van der Waals surface area contributed by atoms with Crippen LogP contribution in [0, 0.1) is 0 Å². The van der Waals surface area contributed by atoms with E-state index in [2.05, 4.69) is 0 Å². The van der Waals surface area contributed by atoms with Gasteiger partial charge in [-0.1, -0.05) is 12.1 Å². The van der Waals surface area contributed by atoms with Crippen LogP contribution in [0.5, 0.6) is 11.5 Å². The molecule has 0 bridgehead atoms. The molecular formula is C18H15F3O3S. The quantitative estimate of drug-likeness (QED) is 0.550. The molecule has 25 heavy (non-hydrogen) atoms. The summed E-state index contributed by atoms with van der Waals surface area (Å²) < 4.78 is 50.1. The summed E-state index contributed by atoms with van der Waals surface area (Å²) in [6, 6.07) is 9.99. The topological polar surface area (TPSA) is 35.5 Å². The minimum atomic E-state index is -4.45. The van der Waals surface area contributed by atoms with Gasteiger partial charge in [0.25, 0.3) is 0 Å². The summed E-state index contributed by atoms with van der Waals surface area (Å²) in [4.78, 5) is 12.4. The van der Waals surface area contributed by atoms with E-state index in [-0.39, 0.29) is 16.4 Å². The molecule has 0 saturated carbocycles. The third-order valence-electron chi connectivity index (χ3n) is 3.53. The number of thioether (sulfide) groups is 1. The zero-order chi connectivity index (χ0) is 18.2. The largest absolute Gasteiger partial charge is 0.449 e. The Morgan fingerprint density at radius 1 is 1.08 bits per heavy atom. The highest BCUT2D eigenvalue weighted by Crippen LogP contribution is 2.40. The molecule has 1 heterocycles. The first-order valence-corrected chi connectivity index (χ1v) is 8.48. The minimum absolute atomic E-state index is 0.0326. The zero-order valence-electron chi connectivity index (χ0n) is 13.5. The van der Waals surface area contributed by atoms with Crippen LogP contribution in [-0.4, -0.2) is 17.3 Å². The molecule has 0 saturated heterocycles. The minimum Gasteiger partial charge on any atom is -0.449 e. The second-order valence-electron chi connectivity index (χ2n) is 5.97. The Morgan fingerprint density at radius 2 is 1.76 bits per heavy atom. The fourth-order valence-corrected chi connectivity index (χ4v) is 3.42. The van der Waals surface area contributed by atoms with Gasteiger partial charge in [0.2, 0.25) is 5.79 Å². The average molecular weight is 368 g/mol. The Hall–Kier alpha value is -2.15. The summed E-state index contributed by atoms with van der Waals surface area (Å²) in [5.41, 5.74) is -0.364. The van der Waals surface area contributed by atoms with Gasteiger partial charge in [-0.3, -0.25) is 4.79 Å². The number of hydrogen-bond acceptors (Lipinski definition) is 4. The normalized spacial score (nSPS) is 15.2. The number of ketones is 1. The number of Topliss-reactive ketones (excluding diaryl/α,β-unsaturated/α-hetero) is 1. The van der Waals surface area contributed by atoms with Gasteiger partial charge in [0.15, 0.2) is 17.3 Å². The molecule has 0 N–H and O–H groups in total. The Kier molecular flexibility index (Phi) is 4.45. The molecule has 0 amide bonds. The molecule has 132 valence electrons. The maximum absolute atomic E-state index is 13.0. The molecule has 0 fully saturated rings. The van der Waals surface area contributed by atoms with Crippen LogP contribution in [0.2, 0.25) is 0 Å². The van der Waals surface area contributed by atoms with Crippen LogP contribution in [0.15, 0.2) is 47.4 Å². The van der Waals surface area contributed by atoms with Gasteiger partial charge < -0.3 is 9.47 Å².